The van der Waals surface area contributed by atoms with Crippen molar-refractivity contribution in [2.45, 2.75) is 12.1 Å². The van der Waals surface area contributed by atoms with E-state index < -0.39 is 13.6 Å². The Labute approximate surface area is 129 Å². The molecule has 0 saturated heterocycles. The topological polar surface area (TPSA) is 0 Å². The van der Waals surface area contributed by atoms with Gasteiger partial charge in [0, 0.05) is 0 Å². The molecule has 0 aromatic heterocycles. The normalized spacial score (nSPS) is 11.3. The molecule has 0 N–H and O–H groups in total. The van der Waals surface area contributed by atoms with Crippen molar-refractivity contribution in [1.29, 1.82) is 0 Å². The molecule has 0 atom stereocenters. The quantitative estimate of drug-likeness (QED) is 0.643. The Morgan fingerprint density at radius 2 is 0.810 bits per heavy atom. The maximum absolute atomic E-state index is 2.35. The molecule has 0 saturated carbocycles. The van der Waals surface area contributed by atoms with Crippen LogP contribution in [0, 0.1) is 0 Å². The molecule has 0 nitrogen and oxygen atoms in total. The molecule has 0 aliphatic rings. The van der Waals surface area contributed by atoms with Gasteiger partial charge >= 0.3 is 130 Å². The van der Waals surface area contributed by atoms with Gasteiger partial charge in [0.05, 0.1) is 0 Å². The summed E-state index contributed by atoms with van der Waals surface area (Å²) in [5, 5.41) is 1.20. The van der Waals surface area contributed by atoms with Gasteiger partial charge in [-0.15, -0.1) is 0 Å². The molecule has 0 heterocycles. The Hall–Kier alpha value is -1.78. The van der Waals surface area contributed by atoms with Crippen LogP contribution in [0.2, 0.25) is 5.21 Å². The second-order valence-electron chi connectivity index (χ2n) is 5.13. The summed E-state index contributed by atoms with van der Waals surface area (Å²) < 4.78 is 4.57. The van der Waals surface area contributed by atoms with Crippen molar-refractivity contribution in [2.75, 3.05) is 0 Å². The third kappa shape index (κ3) is 2.57. The molecule has 0 fully saturated rings. The minimum atomic E-state index is -2.33. The van der Waals surface area contributed by atoms with Crippen LogP contribution in [0.15, 0.2) is 91.0 Å². The molecule has 3 rings (SSSR count). The fourth-order valence-electron chi connectivity index (χ4n) is 3.04. The zero-order valence-electron chi connectivity index (χ0n) is 12.3. The van der Waals surface area contributed by atoms with E-state index in [-0.39, 0.29) is 0 Å². The fourth-order valence-corrected chi connectivity index (χ4v) is 11.5. The molecule has 0 spiro atoms. The van der Waals surface area contributed by atoms with Gasteiger partial charge in [-0.1, -0.05) is 0 Å². The molecular weight excluding hydrogens is 315 g/mol. The Kier molecular flexibility index (Phi) is 4.27. The first-order chi connectivity index (χ1) is 10.4. The molecule has 0 aliphatic heterocycles. The summed E-state index contributed by atoms with van der Waals surface area (Å²) in [5.41, 5.74) is 0. The van der Waals surface area contributed by atoms with E-state index in [9.17, 15) is 0 Å². The summed E-state index contributed by atoms with van der Waals surface area (Å²) in [6.07, 6.45) is 0. The van der Waals surface area contributed by atoms with E-state index in [2.05, 4.69) is 97.9 Å². The molecule has 21 heavy (non-hydrogen) atoms. The number of rotatable bonds is 4. The summed E-state index contributed by atoms with van der Waals surface area (Å²) in [5.74, 6) is 0. The molecule has 3 aromatic rings. The number of benzene rings is 3. The second kappa shape index (κ2) is 6.33. The van der Waals surface area contributed by atoms with Crippen LogP contribution < -0.4 is 13.1 Å². The van der Waals surface area contributed by atoms with Crippen LogP contribution in [0.5, 0.6) is 0 Å². The molecule has 1 heteroatoms. The third-order valence-corrected chi connectivity index (χ3v) is 13.5. The number of hydrogen-bond donors (Lipinski definition) is 0. The van der Waals surface area contributed by atoms with E-state index >= 15 is 0 Å². The minimum absolute atomic E-state index is 1.20. The van der Waals surface area contributed by atoms with Crippen molar-refractivity contribution in [3.63, 3.8) is 0 Å². The standard InChI is InChI=1S/C20H20As/c1-2-21(18-12-6-3-7-13-18,19-14-8-4-9-15-19)20-16-10-5-11-17-20/h3-17H,2H2,1H3. The molecule has 3 aromatic carbocycles. The predicted molar refractivity (Wildman–Crippen MR) is 94.5 cm³/mol. The monoisotopic (exact) mass is 335 g/mol. The van der Waals surface area contributed by atoms with Gasteiger partial charge in [-0.05, 0) is 0 Å². The first kappa shape index (κ1) is 14.2. The van der Waals surface area contributed by atoms with Crippen LogP contribution in [0.1, 0.15) is 6.92 Å². The molecule has 1 radical (unpaired) electrons. The van der Waals surface area contributed by atoms with E-state index in [0.717, 1.165) is 0 Å². The average Bonchev–Trinajstić information content (AvgIpc) is 2.59. The maximum atomic E-state index is 2.35. The summed E-state index contributed by atoms with van der Waals surface area (Å²) in [7, 11) is 0. The van der Waals surface area contributed by atoms with E-state index in [1.807, 2.05) is 0 Å². The first-order valence-corrected chi connectivity index (χ1v) is 11.6. The van der Waals surface area contributed by atoms with Crippen molar-refractivity contribution >= 4 is 26.6 Å². The molecule has 105 valence electrons. The average molecular weight is 335 g/mol. The van der Waals surface area contributed by atoms with E-state index in [1.165, 1.54) is 18.3 Å². The van der Waals surface area contributed by atoms with E-state index in [0.29, 0.717) is 0 Å². The Bertz CT molecular complexity index is 578. The fraction of sp³-hybridized carbons (Fsp3) is 0.100. The van der Waals surface area contributed by atoms with Crippen molar-refractivity contribution in [3.8, 4) is 0 Å². The van der Waals surface area contributed by atoms with Crippen molar-refractivity contribution in [1.82, 2.24) is 0 Å². The van der Waals surface area contributed by atoms with Gasteiger partial charge in [-0.2, -0.15) is 0 Å². The third-order valence-electron chi connectivity index (χ3n) is 4.07. The van der Waals surface area contributed by atoms with Crippen LogP contribution >= 0.6 is 0 Å². The Balaban J connectivity index is 2.29. The van der Waals surface area contributed by atoms with Crippen LogP contribution in [0.25, 0.3) is 0 Å². The molecule has 0 unspecified atom stereocenters. The van der Waals surface area contributed by atoms with Gasteiger partial charge in [0.15, 0.2) is 0 Å². The molecule has 0 aliphatic carbocycles. The van der Waals surface area contributed by atoms with Crippen molar-refractivity contribution in [3.05, 3.63) is 91.0 Å². The molecular formula is C20H20As. The van der Waals surface area contributed by atoms with Crippen molar-refractivity contribution in [2.24, 2.45) is 0 Å². The van der Waals surface area contributed by atoms with Gasteiger partial charge in [-0.3, -0.25) is 0 Å². The summed E-state index contributed by atoms with van der Waals surface area (Å²) in [6, 6.07) is 33.3. The zero-order chi connectivity index (χ0) is 14.5. The van der Waals surface area contributed by atoms with E-state index in [4.69, 9.17) is 0 Å². The van der Waals surface area contributed by atoms with Gasteiger partial charge in [0.1, 0.15) is 0 Å². The van der Waals surface area contributed by atoms with Crippen LogP contribution in [-0.4, -0.2) is 13.6 Å². The van der Waals surface area contributed by atoms with Crippen LogP contribution in [0.4, 0.5) is 0 Å². The SMILES string of the molecule is CC[As](c1ccccc1)(c1ccccc1)c1ccccc1. The van der Waals surface area contributed by atoms with Crippen LogP contribution in [0.3, 0.4) is 0 Å². The molecule has 0 amide bonds. The molecule has 0 bridgehead atoms. The van der Waals surface area contributed by atoms with Crippen molar-refractivity contribution < 1.29 is 0 Å². The van der Waals surface area contributed by atoms with Gasteiger partial charge < -0.3 is 0 Å². The Morgan fingerprint density at radius 3 is 1.05 bits per heavy atom. The van der Waals surface area contributed by atoms with Gasteiger partial charge in [-0.25, -0.2) is 0 Å². The van der Waals surface area contributed by atoms with E-state index in [1.54, 1.807) is 0 Å². The summed E-state index contributed by atoms with van der Waals surface area (Å²) in [6.45, 7) is 2.35. The summed E-state index contributed by atoms with van der Waals surface area (Å²) in [4.78, 5) is 0. The zero-order valence-corrected chi connectivity index (χ0v) is 14.2. The Morgan fingerprint density at radius 1 is 0.524 bits per heavy atom. The summed E-state index contributed by atoms with van der Waals surface area (Å²) >= 11 is -2.33. The van der Waals surface area contributed by atoms with Gasteiger partial charge in [0.2, 0.25) is 0 Å². The van der Waals surface area contributed by atoms with Gasteiger partial charge in [0.25, 0.3) is 0 Å². The second-order valence-corrected chi connectivity index (χ2v) is 13.1. The predicted octanol–water partition coefficient (Wildman–Crippen LogP) is 3.18. The number of hydrogen-bond acceptors (Lipinski definition) is 0. The van der Waals surface area contributed by atoms with Crippen LogP contribution in [-0.2, 0) is 0 Å². The first-order valence-electron chi connectivity index (χ1n) is 7.43.